The van der Waals surface area contributed by atoms with Crippen LogP contribution in [0.25, 0.3) is 0 Å². The highest BCUT2D eigenvalue weighted by Gasteiger charge is 2.31. The zero-order valence-corrected chi connectivity index (χ0v) is 11.5. The van der Waals surface area contributed by atoms with Gasteiger partial charge in [0.05, 0.1) is 0 Å². The Kier molecular flexibility index (Phi) is 4.74. The minimum absolute atomic E-state index is 0.158. The summed E-state index contributed by atoms with van der Waals surface area (Å²) in [5, 5.41) is 15.0. The van der Waals surface area contributed by atoms with Gasteiger partial charge in [-0.25, -0.2) is 4.79 Å². The minimum Gasteiger partial charge on any atom is -0.480 e. The van der Waals surface area contributed by atoms with E-state index in [9.17, 15) is 14.7 Å². The smallest absolute Gasteiger partial charge is 0.326 e. The Labute approximate surface area is 118 Å². The summed E-state index contributed by atoms with van der Waals surface area (Å²) in [5.41, 5.74) is 0.901. The molecule has 1 aromatic carbocycles. The van der Waals surface area contributed by atoms with Crippen molar-refractivity contribution in [3.8, 4) is 0 Å². The molecule has 0 aliphatic carbocycles. The molecule has 0 spiro atoms. The Bertz CT molecular complexity index is 471. The van der Waals surface area contributed by atoms with Gasteiger partial charge in [-0.15, -0.1) is 0 Å². The molecule has 20 heavy (non-hydrogen) atoms. The van der Waals surface area contributed by atoms with E-state index in [2.05, 4.69) is 10.6 Å². The lowest BCUT2D eigenvalue weighted by Crippen LogP contribution is -2.52. The summed E-state index contributed by atoms with van der Waals surface area (Å²) in [6.07, 6.45) is 0.303. The molecule has 108 valence electrons. The first kappa shape index (κ1) is 14.5. The predicted octanol–water partition coefficient (Wildman–Crippen LogP) is 0.654. The molecule has 1 fully saturated rings. The molecular formula is C15H20N2O3. The SMILES string of the molecule is CC(C(=O)N[C@H](Cc1ccccc1)C(=O)O)C1CNC1. The number of aliphatic carboxylic acids is 1. The van der Waals surface area contributed by atoms with Gasteiger partial charge in [-0.2, -0.15) is 0 Å². The van der Waals surface area contributed by atoms with Crippen LogP contribution in [-0.4, -0.2) is 36.1 Å². The van der Waals surface area contributed by atoms with Crippen LogP contribution in [0.3, 0.4) is 0 Å². The summed E-state index contributed by atoms with van der Waals surface area (Å²) in [5.74, 6) is -1.03. The molecule has 3 N–H and O–H groups in total. The average molecular weight is 276 g/mol. The Balaban J connectivity index is 1.95. The van der Waals surface area contributed by atoms with E-state index in [1.165, 1.54) is 0 Å². The monoisotopic (exact) mass is 276 g/mol. The molecule has 1 heterocycles. The normalized spacial score (nSPS) is 17.9. The lowest BCUT2D eigenvalue weighted by molar-refractivity contribution is -0.142. The topological polar surface area (TPSA) is 78.4 Å². The zero-order chi connectivity index (χ0) is 14.5. The Hall–Kier alpha value is -1.88. The van der Waals surface area contributed by atoms with E-state index in [-0.39, 0.29) is 11.8 Å². The van der Waals surface area contributed by atoms with E-state index in [1.807, 2.05) is 37.3 Å². The van der Waals surface area contributed by atoms with Gasteiger partial charge in [-0.1, -0.05) is 37.3 Å². The number of nitrogens with one attached hydrogen (secondary N) is 2. The molecule has 1 aromatic rings. The van der Waals surface area contributed by atoms with Crippen molar-refractivity contribution in [3.05, 3.63) is 35.9 Å². The highest BCUT2D eigenvalue weighted by molar-refractivity contribution is 5.85. The number of carboxylic acid groups (broad SMARTS) is 1. The summed E-state index contributed by atoms with van der Waals surface area (Å²) < 4.78 is 0. The molecule has 1 saturated heterocycles. The largest absolute Gasteiger partial charge is 0.480 e. The minimum atomic E-state index is -0.999. The molecule has 5 heteroatoms. The fraction of sp³-hybridized carbons (Fsp3) is 0.467. The van der Waals surface area contributed by atoms with E-state index in [0.717, 1.165) is 18.7 Å². The fourth-order valence-electron chi connectivity index (χ4n) is 2.23. The van der Waals surface area contributed by atoms with E-state index >= 15 is 0 Å². The van der Waals surface area contributed by atoms with Gasteiger partial charge in [0.25, 0.3) is 0 Å². The molecule has 2 rings (SSSR count). The number of carbonyl (C=O) groups excluding carboxylic acids is 1. The Morgan fingerprint density at radius 1 is 1.35 bits per heavy atom. The van der Waals surface area contributed by atoms with E-state index in [0.29, 0.717) is 12.3 Å². The van der Waals surface area contributed by atoms with Gasteiger partial charge in [0.15, 0.2) is 0 Å². The van der Waals surface area contributed by atoms with E-state index < -0.39 is 12.0 Å². The zero-order valence-electron chi connectivity index (χ0n) is 11.5. The van der Waals surface area contributed by atoms with Gasteiger partial charge in [0.2, 0.25) is 5.91 Å². The maximum atomic E-state index is 12.1. The van der Waals surface area contributed by atoms with Crippen LogP contribution in [0.1, 0.15) is 12.5 Å². The van der Waals surface area contributed by atoms with Crippen LogP contribution in [0.4, 0.5) is 0 Å². The summed E-state index contributed by atoms with van der Waals surface area (Å²) in [7, 11) is 0. The van der Waals surface area contributed by atoms with Gasteiger partial charge >= 0.3 is 5.97 Å². The third-order valence-corrected chi connectivity index (χ3v) is 3.83. The second-order valence-corrected chi connectivity index (χ2v) is 5.30. The lowest BCUT2D eigenvalue weighted by atomic mass is 9.88. The lowest BCUT2D eigenvalue weighted by Gasteiger charge is -2.32. The van der Waals surface area contributed by atoms with Crippen LogP contribution < -0.4 is 10.6 Å². The van der Waals surface area contributed by atoms with Crippen molar-refractivity contribution in [2.45, 2.75) is 19.4 Å². The maximum absolute atomic E-state index is 12.1. The first-order chi connectivity index (χ1) is 9.58. The molecule has 1 amide bonds. The number of hydrogen-bond donors (Lipinski definition) is 3. The highest BCUT2D eigenvalue weighted by Crippen LogP contribution is 2.16. The molecule has 0 bridgehead atoms. The number of rotatable bonds is 6. The molecule has 2 atom stereocenters. The van der Waals surface area contributed by atoms with E-state index in [1.54, 1.807) is 0 Å². The predicted molar refractivity (Wildman–Crippen MR) is 75.2 cm³/mol. The molecule has 0 aromatic heterocycles. The standard InChI is InChI=1S/C15H20N2O3/c1-10(12-8-16-9-12)14(18)17-13(15(19)20)7-11-5-3-2-4-6-11/h2-6,10,12-13,16H,7-9H2,1H3,(H,17,18)(H,19,20)/t10?,13-/m1/s1. The van der Waals surface area contributed by atoms with Crippen molar-refractivity contribution in [2.24, 2.45) is 11.8 Å². The van der Waals surface area contributed by atoms with Gasteiger partial charge in [0.1, 0.15) is 6.04 Å². The van der Waals surface area contributed by atoms with E-state index in [4.69, 9.17) is 0 Å². The van der Waals surface area contributed by atoms with Crippen molar-refractivity contribution in [2.75, 3.05) is 13.1 Å². The first-order valence-electron chi connectivity index (χ1n) is 6.85. The summed E-state index contributed by atoms with van der Waals surface area (Å²) in [6, 6.07) is 8.45. The second kappa shape index (κ2) is 6.52. The molecule has 1 aliphatic heterocycles. The molecular weight excluding hydrogens is 256 g/mol. The molecule has 0 radical (unpaired) electrons. The molecule has 0 saturated carbocycles. The third-order valence-electron chi connectivity index (χ3n) is 3.83. The number of carboxylic acids is 1. The van der Waals surface area contributed by atoms with Gasteiger partial charge in [-0.05, 0) is 24.6 Å². The first-order valence-corrected chi connectivity index (χ1v) is 6.85. The van der Waals surface area contributed by atoms with Gasteiger partial charge < -0.3 is 15.7 Å². The van der Waals surface area contributed by atoms with Crippen LogP contribution in [-0.2, 0) is 16.0 Å². The number of benzene rings is 1. The van der Waals surface area contributed by atoms with Crippen molar-refractivity contribution in [1.29, 1.82) is 0 Å². The number of hydrogen-bond acceptors (Lipinski definition) is 3. The Morgan fingerprint density at radius 2 is 2.00 bits per heavy atom. The van der Waals surface area contributed by atoms with Crippen molar-refractivity contribution >= 4 is 11.9 Å². The third kappa shape index (κ3) is 3.57. The molecule has 1 unspecified atom stereocenters. The number of amides is 1. The highest BCUT2D eigenvalue weighted by atomic mass is 16.4. The van der Waals surface area contributed by atoms with Crippen LogP contribution in [0.5, 0.6) is 0 Å². The summed E-state index contributed by atoms with van der Waals surface area (Å²) in [4.78, 5) is 23.4. The summed E-state index contributed by atoms with van der Waals surface area (Å²) >= 11 is 0. The van der Waals surface area contributed by atoms with Crippen LogP contribution in [0.15, 0.2) is 30.3 Å². The summed E-state index contributed by atoms with van der Waals surface area (Å²) in [6.45, 7) is 3.50. The quantitative estimate of drug-likeness (QED) is 0.713. The molecule has 5 nitrogen and oxygen atoms in total. The Morgan fingerprint density at radius 3 is 2.50 bits per heavy atom. The number of carbonyl (C=O) groups is 2. The van der Waals surface area contributed by atoms with Crippen LogP contribution in [0.2, 0.25) is 0 Å². The second-order valence-electron chi connectivity index (χ2n) is 5.30. The van der Waals surface area contributed by atoms with Gasteiger partial charge in [0, 0.05) is 12.3 Å². The van der Waals surface area contributed by atoms with Gasteiger partial charge in [-0.3, -0.25) is 4.79 Å². The average Bonchev–Trinajstić information content (AvgIpc) is 2.36. The molecule has 1 aliphatic rings. The van der Waals surface area contributed by atoms with Crippen molar-refractivity contribution < 1.29 is 14.7 Å². The van der Waals surface area contributed by atoms with Crippen LogP contribution in [0, 0.1) is 11.8 Å². The van der Waals surface area contributed by atoms with Crippen LogP contribution >= 0.6 is 0 Å². The fourth-order valence-corrected chi connectivity index (χ4v) is 2.23. The maximum Gasteiger partial charge on any atom is 0.326 e. The van der Waals surface area contributed by atoms with Crippen molar-refractivity contribution in [1.82, 2.24) is 10.6 Å². The van der Waals surface area contributed by atoms with Crippen molar-refractivity contribution in [3.63, 3.8) is 0 Å².